The summed E-state index contributed by atoms with van der Waals surface area (Å²) in [5.74, 6) is -1.48. The summed E-state index contributed by atoms with van der Waals surface area (Å²) >= 11 is 1.42. The number of rotatable bonds is 8. The minimum absolute atomic E-state index is 0.251. The highest BCUT2D eigenvalue weighted by molar-refractivity contribution is 7.17. The minimum atomic E-state index is -0.556. The zero-order valence-electron chi connectivity index (χ0n) is 24.3. The molecule has 0 spiro atoms. The number of hydrogen-bond donors (Lipinski definition) is 1. The molecule has 0 unspecified atom stereocenters. The van der Waals surface area contributed by atoms with Crippen LogP contribution in [0.4, 0.5) is 5.00 Å². The van der Waals surface area contributed by atoms with E-state index in [9.17, 15) is 14.4 Å². The number of thiophene rings is 1. The van der Waals surface area contributed by atoms with Gasteiger partial charge in [0.25, 0.3) is 5.91 Å². The molecular weight excluding hydrogens is 562 g/mol. The van der Waals surface area contributed by atoms with E-state index in [-0.39, 0.29) is 6.61 Å². The van der Waals surface area contributed by atoms with Crippen molar-refractivity contribution in [1.29, 1.82) is 0 Å². The van der Waals surface area contributed by atoms with Crippen LogP contribution in [0.5, 0.6) is 0 Å². The van der Waals surface area contributed by atoms with Gasteiger partial charge in [0.2, 0.25) is 0 Å². The molecule has 1 aliphatic carbocycles. The van der Waals surface area contributed by atoms with Gasteiger partial charge in [-0.2, -0.15) is 0 Å². The zero-order valence-corrected chi connectivity index (χ0v) is 25.1. The molecule has 9 heteroatoms. The van der Waals surface area contributed by atoms with Crippen molar-refractivity contribution in [2.45, 2.75) is 58.5 Å². The van der Waals surface area contributed by atoms with E-state index in [4.69, 9.17) is 14.5 Å². The molecule has 43 heavy (non-hydrogen) atoms. The molecule has 0 saturated carbocycles. The van der Waals surface area contributed by atoms with Gasteiger partial charge in [0.1, 0.15) is 5.00 Å². The first-order chi connectivity index (χ1) is 21.0. The van der Waals surface area contributed by atoms with Gasteiger partial charge < -0.3 is 14.8 Å². The molecule has 0 radical (unpaired) electrons. The third kappa shape index (κ3) is 6.33. The molecule has 0 bridgehead atoms. The lowest BCUT2D eigenvalue weighted by Gasteiger charge is -2.30. The average Bonchev–Trinajstić information content (AvgIpc) is 3.19. The van der Waals surface area contributed by atoms with Gasteiger partial charge in [-0.05, 0) is 49.8 Å². The van der Waals surface area contributed by atoms with Gasteiger partial charge in [0.15, 0.2) is 6.61 Å². The molecule has 2 aliphatic rings. The van der Waals surface area contributed by atoms with Crippen LogP contribution in [0.1, 0.15) is 74.2 Å². The van der Waals surface area contributed by atoms with Crippen molar-refractivity contribution in [2.75, 3.05) is 25.1 Å². The molecule has 8 nitrogen and oxygen atoms in total. The highest BCUT2D eigenvalue weighted by Gasteiger charge is 2.29. The predicted octanol–water partition coefficient (Wildman–Crippen LogP) is 6.10. The molecule has 2 aromatic carbocycles. The Morgan fingerprint density at radius 2 is 1.65 bits per heavy atom. The second-order valence-corrected chi connectivity index (χ2v) is 12.1. The summed E-state index contributed by atoms with van der Waals surface area (Å²) in [7, 11) is 0. The third-order valence-electron chi connectivity index (χ3n) is 8.07. The smallest absolute Gasteiger partial charge is 0.341 e. The van der Waals surface area contributed by atoms with Crippen LogP contribution in [0.3, 0.4) is 0 Å². The van der Waals surface area contributed by atoms with Crippen molar-refractivity contribution < 1.29 is 23.9 Å². The standard InChI is InChI=1S/C34H35N3O5S/c1-2-41-34(40)31-24-14-7-4-8-16-28(24)43-32(31)36-29(38)21-42-33(39)30-23-13-9-10-15-26(23)35-27-17-18-37(20-25(27)30)19-22-11-5-3-6-12-22/h3,5-6,9-13,15H,2,4,7-8,14,16-21H2,1H3,(H,36,38). The number of carbonyl (C=O) groups is 3. The number of nitrogens with one attached hydrogen (secondary N) is 1. The molecule has 0 saturated heterocycles. The van der Waals surface area contributed by atoms with Gasteiger partial charge in [0, 0.05) is 47.6 Å². The number of esters is 2. The molecule has 1 aliphatic heterocycles. The van der Waals surface area contributed by atoms with E-state index < -0.39 is 24.5 Å². The number of amides is 1. The van der Waals surface area contributed by atoms with Gasteiger partial charge in [-0.15, -0.1) is 11.3 Å². The predicted molar refractivity (Wildman–Crippen MR) is 166 cm³/mol. The number of pyridine rings is 1. The molecule has 4 aromatic rings. The number of carbonyl (C=O) groups excluding carboxylic acids is 3. The lowest BCUT2D eigenvalue weighted by molar-refractivity contribution is -0.119. The Balaban J connectivity index is 1.22. The number of benzene rings is 2. The number of aromatic nitrogens is 1. The molecule has 3 heterocycles. The third-order valence-corrected chi connectivity index (χ3v) is 9.27. The summed E-state index contributed by atoms with van der Waals surface area (Å²) in [6, 6.07) is 17.8. The average molecular weight is 598 g/mol. The van der Waals surface area contributed by atoms with E-state index in [2.05, 4.69) is 22.3 Å². The van der Waals surface area contributed by atoms with Gasteiger partial charge in [-0.25, -0.2) is 9.59 Å². The number of anilines is 1. The normalized spacial score (nSPS) is 14.8. The maximum Gasteiger partial charge on any atom is 0.341 e. The lowest BCUT2D eigenvalue weighted by atomic mass is 9.95. The Labute approximate surface area is 255 Å². The summed E-state index contributed by atoms with van der Waals surface area (Å²) in [6.07, 6.45) is 5.53. The Morgan fingerprint density at radius 3 is 2.49 bits per heavy atom. The number of nitrogens with zero attached hydrogens (tertiary/aromatic N) is 2. The Bertz CT molecular complexity index is 1670. The van der Waals surface area contributed by atoms with Crippen LogP contribution in [0, 0.1) is 0 Å². The number of fused-ring (bicyclic) bond motifs is 3. The summed E-state index contributed by atoms with van der Waals surface area (Å²) < 4.78 is 11.0. The molecule has 222 valence electrons. The van der Waals surface area contributed by atoms with E-state index in [1.54, 1.807) is 6.92 Å². The monoisotopic (exact) mass is 597 g/mol. The molecular formula is C34H35N3O5S. The number of ether oxygens (including phenoxy) is 2. The first-order valence-corrected chi connectivity index (χ1v) is 15.8. The summed E-state index contributed by atoms with van der Waals surface area (Å²) in [5, 5.41) is 4.02. The lowest BCUT2D eigenvalue weighted by Crippen LogP contribution is -2.32. The van der Waals surface area contributed by atoms with E-state index in [0.29, 0.717) is 34.5 Å². The van der Waals surface area contributed by atoms with Crippen molar-refractivity contribution in [3.8, 4) is 0 Å². The topological polar surface area (TPSA) is 97.8 Å². The first-order valence-electron chi connectivity index (χ1n) is 15.0. The maximum absolute atomic E-state index is 13.7. The van der Waals surface area contributed by atoms with E-state index in [1.807, 2.05) is 42.5 Å². The molecule has 0 atom stereocenters. The van der Waals surface area contributed by atoms with Crippen LogP contribution in [0.2, 0.25) is 0 Å². The van der Waals surface area contributed by atoms with Crippen molar-refractivity contribution in [2.24, 2.45) is 0 Å². The fourth-order valence-corrected chi connectivity index (χ4v) is 7.37. The Morgan fingerprint density at radius 1 is 0.884 bits per heavy atom. The van der Waals surface area contributed by atoms with Crippen molar-refractivity contribution in [1.82, 2.24) is 9.88 Å². The number of para-hydroxylation sites is 1. The number of hydrogen-bond acceptors (Lipinski definition) is 8. The molecule has 6 rings (SSSR count). The van der Waals surface area contributed by atoms with E-state index >= 15 is 0 Å². The molecule has 2 aromatic heterocycles. The van der Waals surface area contributed by atoms with Gasteiger partial charge in [-0.3, -0.25) is 14.7 Å². The van der Waals surface area contributed by atoms with Crippen LogP contribution < -0.4 is 5.32 Å². The van der Waals surface area contributed by atoms with E-state index in [0.717, 1.165) is 72.4 Å². The summed E-state index contributed by atoms with van der Waals surface area (Å²) in [6.45, 7) is 3.70. The fourth-order valence-electron chi connectivity index (χ4n) is 6.07. The molecule has 1 amide bonds. The summed E-state index contributed by atoms with van der Waals surface area (Å²) in [4.78, 5) is 48.0. The molecule has 0 fully saturated rings. The van der Waals surface area contributed by atoms with Crippen LogP contribution in [-0.4, -0.2) is 47.5 Å². The largest absolute Gasteiger partial charge is 0.462 e. The van der Waals surface area contributed by atoms with Crippen LogP contribution in [0.25, 0.3) is 10.9 Å². The van der Waals surface area contributed by atoms with Gasteiger partial charge in [-0.1, -0.05) is 55.0 Å². The second-order valence-electron chi connectivity index (χ2n) is 11.0. The van der Waals surface area contributed by atoms with Crippen molar-refractivity contribution in [3.63, 3.8) is 0 Å². The quantitative estimate of drug-likeness (QED) is 0.194. The van der Waals surface area contributed by atoms with Crippen LogP contribution >= 0.6 is 11.3 Å². The Hall–Kier alpha value is -4.08. The van der Waals surface area contributed by atoms with Crippen molar-refractivity contribution in [3.05, 3.63) is 93.0 Å². The minimum Gasteiger partial charge on any atom is -0.462 e. The summed E-state index contributed by atoms with van der Waals surface area (Å²) in [5.41, 5.74) is 5.54. The molecule has 1 N–H and O–H groups in total. The second kappa shape index (κ2) is 13.1. The highest BCUT2D eigenvalue weighted by Crippen LogP contribution is 2.38. The van der Waals surface area contributed by atoms with Gasteiger partial charge in [0.05, 0.1) is 23.3 Å². The van der Waals surface area contributed by atoms with Crippen LogP contribution in [-0.2, 0) is 46.6 Å². The SMILES string of the molecule is CCOC(=O)c1c(NC(=O)COC(=O)c2c3c(nc4ccccc24)CCN(Cc2ccccc2)C3)sc2c1CCCCC2. The van der Waals surface area contributed by atoms with Crippen molar-refractivity contribution >= 4 is 45.1 Å². The van der Waals surface area contributed by atoms with Crippen LogP contribution in [0.15, 0.2) is 54.6 Å². The van der Waals surface area contributed by atoms with Gasteiger partial charge >= 0.3 is 11.9 Å². The van der Waals surface area contributed by atoms with E-state index in [1.165, 1.54) is 16.9 Å². The number of aryl methyl sites for hydroxylation is 1. The highest BCUT2D eigenvalue weighted by atomic mass is 32.1. The fraction of sp³-hybridized carbons (Fsp3) is 0.353. The first kappa shape index (κ1) is 29.0. The maximum atomic E-state index is 13.7. The zero-order chi connectivity index (χ0) is 29.8. The Kier molecular flexibility index (Phi) is 8.81.